The summed E-state index contributed by atoms with van der Waals surface area (Å²) >= 11 is 0. The number of nitrogens with one attached hydrogen (secondary N) is 1. The van der Waals surface area contributed by atoms with Gasteiger partial charge in [-0.25, -0.2) is 0 Å². The number of nitriles is 1. The standard InChI is InChI=1S/C24H27N3O2/c1-2-29-23-10-8-22(9-11-23)26-18-21(17-25)24(28)27-14-12-20(13-15-27)16-19-6-4-3-5-7-19/h3-11,18,20,26H,2,12-16H2,1H3/b21-18-. The van der Waals surface area contributed by atoms with Crippen molar-refractivity contribution in [2.45, 2.75) is 26.2 Å². The fourth-order valence-corrected chi connectivity index (χ4v) is 3.57. The largest absolute Gasteiger partial charge is 0.494 e. The Morgan fingerprint density at radius 1 is 1.17 bits per heavy atom. The van der Waals surface area contributed by atoms with Crippen molar-refractivity contribution < 1.29 is 9.53 Å². The smallest absolute Gasteiger partial charge is 0.266 e. The average Bonchev–Trinajstić information content (AvgIpc) is 2.76. The number of piperidine rings is 1. The molecule has 1 heterocycles. The molecule has 0 unspecified atom stereocenters. The van der Waals surface area contributed by atoms with Crippen LogP contribution in [0.1, 0.15) is 25.3 Å². The maximum Gasteiger partial charge on any atom is 0.266 e. The Labute approximate surface area is 172 Å². The van der Waals surface area contributed by atoms with Gasteiger partial charge in [0.15, 0.2) is 0 Å². The molecule has 5 heteroatoms. The van der Waals surface area contributed by atoms with Crippen LogP contribution in [0.4, 0.5) is 5.69 Å². The first kappa shape index (κ1) is 20.5. The minimum absolute atomic E-state index is 0.125. The zero-order valence-corrected chi connectivity index (χ0v) is 16.8. The predicted octanol–water partition coefficient (Wildman–Crippen LogP) is 4.39. The summed E-state index contributed by atoms with van der Waals surface area (Å²) in [5, 5.41) is 12.5. The molecule has 29 heavy (non-hydrogen) atoms. The lowest BCUT2D eigenvalue weighted by Gasteiger charge is -2.32. The van der Waals surface area contributed by atoms with Crippen LogP contribution in [0.2, 0.25) is 0 Å². The van der Waals surface area contributed by atoms with Crippen LogP contribution in [0.3, 0.4) is 0 Å². The Bertz CT molecular complexity index is 861. The number of rotatable bonds is 7. The normalized spacial score (nSPS) is 14.9. The van der Waals surface area contributed by atoms with Crippen molar-refractivity contribution >= 4 is 11.6 Å². The maximum atomic E-state index is 12.7. The number of carbonyl (C=O) groups excluding carboxylic acids is 1. The van der Waals surface area contributed by atoms with E-state index in [1.807, 2.05) is 43.3 Å². The molecule has 1 saturated heterocycles. The number of benzene rings is 2. The van der Waals surface area contributed by atoms with E-state index in [9.17, 15) is 10.1 Å². The Morgan fingerprint density at radius 3 is 2.48 bits per heavy atom. The van der Waals surface area contributed by atoms with E-state index in [-0.39, 0.29) is 11.5 Å². The highest BCUT2D eigenvalue weighted by Crippen LogP contribution is 2.23. The molecule has 1 N–H and O–H groups in total. The molecule has 3 rings (SSSR count). The van der Waals surface area contributed by atoms with Crippen LogP contribution < -0.4 is 10.1 Å². The third kappa shape index (κ3) is 5.86. The summed E-state index contributed by atoms with van der Waals surface area (Å²) in [5.74, 6) is 1.17. The van der Waals surface area contributed by atoms with E-state index in [0.29, 0.717) is 25.6 Å². The van der Waals surface area contributed by atoms with Crippen LogP contribution in [0.15, 0.2) is 66.4 Å². The Morgan fingerprint density at radius 2 is 1.86 bits per heavy atom. The molecule has 0 bridgehead atoms. The summed E-state index contributed by atoms with van der Waals surface area (Å²) in [6, 6.07) is 19.9. The summed E-state index contributed by atoms with van der Waals surface area (Å²) < 4.78 is 5.41. The topological polar surface area (TPSA) is 65.4 Å². The van der Waals surface area contributed by atoms with Crippen LogP contribution in [0, 0.1) is 17.2 Å². The second-order valence-electron chi connectivity index (χ2n) is 7.20. The van der Waals surface area contributed by atoms with E-state index < -0.39 is 0 Å². The van der Waals surface area contributed by atoms with Gasteiger partial charge in [-0.15, -0.1) is 0 Å². The Balaban J connectivity index is 1.53. The van der Waals surface area contributed by atoms with Crippen LogP contribution in [-0.2, 0) is 11.2 Å². The fraction of sp³-hybridized carbons (Fsp3) is 0.333. The Hall–Kier alpha value is -3.26. The number of amides is 1. The number of hydrogen-bond acceptors (Lipinski definition) is 4. The van der Waals surface area contributed by atoms with Gasteiger partial charge in [0.25, 0.3) is 5.91 Å². The van der Waals surface area contributed by atoms with Gasteiger partial charge in [0.2, 0.25) is 0 Å². The number of nitrogens with zero attached hydrogens (tertiary/aromatic N) is 2. The number of hydrogen-bond donors (Lipinski definition) is 1. The molecule has 0 aliphatic carbocycles. The molecule has 150 valence electrons. The third-order valence-electron chi connectivity index (χ3n) is 5.17. The number of likely N-dealkylation sites (tertiary alicyclic amines) is 1. The SMILES string of the molecule is CCOc1ccc(N/C=C(/C#N)C(=O)N2CCC(Cc3ccccc3)CC2)cc1. The van der Waals surface area contributed by atoms with Gasteiger partial charge in [-0.1, -0.05) is 30.3 Å². The molecular weight excluding hydrogens is 362 g/mol. The van der Waals surface area contributed by atoms with E-state index in [2.05, 4.69) is 29.6 Å². The zero-order chi connectivity index (χ0) is 20.5. The van der Waals surface area contributed by atoms with Crippen LogP contribution >= 0.6 is 0 Å². The fourth-order valence-electron chi connectivity index (χ4n) is 3.57. The molecule has 0 aromatic heterocycles. The monoisotopic (exact) mass is 389 g/mol. The summed E-state index contributed by atoms with van der Waals surface area (Å²) in [5.41, 5.74) is 2.27. The van der Waals surface area contributed by atoms with Gasteiger partial charge in [0.1, 0.15) is 17.4 Å². The third-order valence-corrected chi connectivity index (χ3v) is 5.17. The summed E-state index contributed by atoms with van der Waals surface area (Å²) in [4.78, 5) is 14.5. The molecule has 1 aliphatic heterocycles. The molecule has 0 atom stereocenters. The highest BCUT2D eigenvalue weighted by Gasteiger charge is 2.25. The molecule has 5 nitrogen and oxygen atoms in total. The molecule has 2 aromatic carbocycles. The summed E-state index contributed by atoms with van der Waals surface area (Å²) in [7, 11) is 0. The van der Waals surface area contributed by atoms with Gasteiger partial charge >= 0.3 is 0 Å². The second-order valence-corrected chi connectivity index (χ2v) is 7.20. The van der Waals surface area contributed by atoms with Gasteiger partial charge in [0.05, 0.1) is 6.61 Å². The zero-order valence-electron chi connectivity index (χ0n) is 16.8. The lowest BCUT2D eigenvalue weighted by atomic mass is 9.90. The first-order valence-electron chi connectivity index (χ1n) is 10.1. The van der Waals surface area contributed by atoms with Gasteiger partial charge in [0, 0.05) is 25.0 Å². The highest BCUT2D eigenvalue weighted by atomic mass is 16.5. The quantitative estimate of drug-likeness (QED) is 0.564. The van der Waals surface area contributed by atoms with E-state index >= 15 is 0 Å². The first-order valence-corrected chi connectivity index (χ1v) is 10.1. The lowest BCUT2D eigenvalue weighted by molar-refractivity contribution is -0.128. The number of anilines is 1. The van der Waals surface area contributed by atoms with Crippen molar-refractivity contribution in [3.05, 3.63) is 71.9 Å². The van der Waals surface area contributed by atoms with E-state index in [0.717, 1.165) is 30.7 Å². The predicted molar refractivity (Wildman–Crippen MR) is 114 cm³/mol. The van der Waals surface area contributed by atoms with E-state index in [1.165, 1.54) is 11.8 Å². The molecule has 2 aromatic rings. The van der Waals surface area contributed by atoms with Crippen molar-refractivity contribution in [2.75, 3.05) is 25.0 Å². The van der Waals surface area contributed by atoms with Crippen LogP contribution in [0.5, 0.6) is 5.75 Å². The van der Waals surface area contributed by atoms with Crippen molar-refractivity contribution in [3.8, 4) is 11.8 Å². The van der Waals surface area contributed by atoms with Crippen molar-refractivity contribution in [1.29, 1.82) is 5.26 Å². The highest BCUT2D eigenvalue weighted by molar-refractivity contribution is 5.97. The molecule has 1 fully saturated rings. The van der Waals surface area contributed by atoms with Gasteiger partial charge in [-0.05, 0) is 61.9 Å². The molecule has 0 saturated carbocycles. The van der Waals surface area contributed by atoms with Gasteiger partial charge in [-0.2, -0.15) is 5.26 Å². The van der Waals surface area contributed by atoms with Gasteiger partial charge < -0.3 is 15.0 Å². The van der Waals surface area contributed by atoms with E-state index in [1.54, 1.807) is 4.90 Å². The van der Waals surface area contributed by atoms with Crippen molar-refractivity contribution in [1.82, 2.24) is 4.90 Å². The van der Waals surface area contributed by atoms with Crippen LogP contribution in [-0.4, -0.2) is 30.5 Å². The number of carbonyl (C=O) groups is 1. The summed E-state index contributed by atoms with van der Waals surface area (Å²) in [6.45, 7) is 3.93. The molecule has 1 aliphatic rings. The van der Waals surface area contributed by atoms with Crippen LogP contribution in [0.25, 0.3) is 0 Å². The minimum atomic E-state index is -0.205. The molecular formula is C24H27N3O2. The lowest BCUT2D eigenvalue weighted by Crippen LogP contribution is -2.39. The van der Waals surface area contributed by atoms with Gasteiger partial charge in [-0.3, -0.25) is 4.79 Å². The van der Waals surface area contributed by atoms with E-state index in [4.69, 9.17) is 4.74 Å². The average molecular weight is 389 g/mol. The summed E-state index contributed by atoms with van der Waals surface area (Å²) in [6.07, 6.45) is 4.47. The molecule has 0 spiro atoms. The molecule has 0 radical (unpaired) electrons. The van der Waals surface area contributed by atoms with Crippen molar-refractivity contribution in [3.63, 3.8) is 0 Å². The maximum absolute atomic E-state index is 12.7. The second kappa shape index (κ2) is 10.3. The first-order chi connectivity index (χ1) is 14.2. The van der Waals surface area contributed by atoms with Crippen molar-refractivity contribution in [2.24, 2.45) is 5.92 Å². The molecule has 1 amide bonds. The Kier molecular flexibility index (Phi) is 7.29. The number of ether oxygens (including phenoxy) is 1. The minimum Gasteiger partial charge on any atom is -0.494 e.